The Hall–Kier alpha value is -4.11. The lowest BCUT2D eigenvalue weighted by Gasteiger charge is -2.19. The second kappa shape index (κ2) is 9.17. The molecule has 0 atom stereocenters. The van der Waals surface area contributed by atoms with Crippen LogP contribution in [0.1, 0.15) is 42.3 Å². The van der Waals surface area contributed by atoms with Crippen LogP contribution in [-0.2, 0) is 17.8 Å². The van der Waals surface area contributed by atoms with E-state index >= 15 is 0 Å². The molecule has 0 amide bonds. The normalized spacial score (nSPS) is 11.1. The molecule has 4 rings (SSSR count). The van der Waals surface area contributed by atoms with Gasteiger partial charge in [0, 0.05) is 29.5 Å². The molecule has 0 bridgehead atoms. The highest BCUT2D eigenvalue weighted by Gasteiger charge is 2.17. The Morgan fingerprint density at radius 3 is 2.55 bits per heavy atom. The van der Waals surface area contributed by atoms with Gasteiger partial charge >= 0.3 is 5.97 Å². The average Bonchev–Trinajstić information content (AvgIpc) is 3.29. The molecule has 0 saturated carbocycles. The minimum Gasteiger partial charge on any atom is -0.456 e. The molecule has 6 heteroatoms. The van der Waals surface area contributed by atoms with E-state index < -0.39 is 5.60 Å². The van der Waals surface area contributed by atoms with Crippen molar-refractivity contribution >= 4 is 16.7 Å². The van der Waals surface area contributed by atoms with Gasteiger partial charge < -0.3 is 13.9 Å². The number of imidazole rings is 1. The third-order valence-corrected chi connectivity index (χ3v) is 4.97. The second-order valence-corrected chi connectivity index (χ2v) is 8.79. The van der Waals surface area contributed by atoms with Crippen molar-refractivity contribution in [1.29, 1.82) is 0 Å². The maximum absolute atomic E-state index is 13.1. The molecule has 2 aromatic heterocycles. The number of hydrogen-bond acceptors (Lipinski definition) is 4. The topological polar surface area (TPSA) is 66.1 Å². The quantitative estimate of drug-likeness (QED) is 0.352. The zero-order valence-corrected chi connectivity index (χ0v) is 18.9. The van der Waals surface area contributed by atoms with Gasteiger partial charge in [-0.15, -0.1) is 0 Å². The first-order valence-corrected chi connectivity index (χ1v) is 10.7. The first-order chi connectivity index (χ1) is 15.8. The molecule has 166 valence electrons. The maximum atomic E-state index is 13.1. The van der Waals surface area contributed by atoms with Crippen molar-refractivity contribution in [1.82, 2.24) is 14.1 Å². The lowest BCUT2D eigenvalue weighted by atomic mass is 10.1. The molecule has 0 radical (unpaired) electrons. The number of ether oxygens (including phenoxy) is 1. The van der Waals surface area contributed by atoms with Crippen LogP contribution in [0.15, 0.2) is 78.2 Å². The number of rotatable bonds is 4. The molecule has 0 aliphatic carbocycles. The van der Waals surface area contributed by atoms with Gasteiger partial charge in [-0.25, -0.2) is 9.78 Å². The van der Waals surface area contributed by atoms with E-state index in [1.807, 2.05) is 67.9 Å². The van der Waals surface area contributed by atoms with Crippen molar-refractivity contribution in [2.45, 2.75) is 39.5 Å². The van der Waals surface area contributed by atoms with Crippen LogP contribution in [0.4, 0.5) is 0 Å². The third-order valence-electron chi connectivity index (χ3n) is 4.97. The second-order valence-electron chi connectivity index (χ2n) is 8.79. The molecule has 0 spiro atoms. The van der Waals surface area contributed by atoms with Gasteiger partial charge in [0.25, 0.3) is 5.56 Å². The zero-order chi connectivity index (χ0) is 23.4. The van der Waals surface area contributed by atoms with Crippen LogP contribution in [0, 0.1) is 11.8 Å². The zero-order valence-electron chi connectivity index (χ0n) is 18.9. The first-order valence-electron chi connectivity index (χ1n) is 10.7. The fourth-order valence-corrected chi connectivity index (χ4v) is 3.37. The summed E-state index contributed by atoms with van der Waals surface area (Å²) in [5.74, 6) is 5.85. The SMILES string of the molecule is CC(C)(C)OC(=O)c1ccc(Cn2ccc3ccc(C#CCn4ccnc4)cc3c2=O)cc1. The van der Waals surface area contributed by atoms with Gasteiger partial charge in [0.1, 0.15) is 5.60 Å². The average molecular weight is 440 g/mol. The van der Waals surface area contributed by atoms with Gasteiger partial charge in [0.05, 0.1) is 25.0 Å². The van der Waals surface area contributed by atoms with Crippen LogP contribution in [0.25, 0.3) is 10.8 Å². The molecule has 4 aromatic rings. The Labute approximate surface area is 192 Å². The molecule has 2 heterocycles. The predicted octanol–water partition coefficient (Wildman–Crippen LogP) is 4.25. The van der Waals surface area contributed by atoms with Gasteiger partial charge in [-0.1, -0.05) is 30.0 Å². The number of carbonyl (C=O) groups is 1. The van der Waals surface area contributed by atoms with Gasteiger partial charge in [0.2, 0.25) is 0 Å². The van der Waals surface area contributed by atoms with E-state index in [0.29, 0.717) is 24.0 Å². The van der Waals surface area contributed by atoms with E-state index in [0.717, 1.165) is 16.5 Å². The summed E-state index contributed by atoms with van der Waals surface area (Å²) >= 11 is 0. The summed E-state index contributed by atoms with van der Waals surface area (Å²) in [6.07, 6.45) is 7.07. The molecule has 0 aliphatic heterocycles. The summed E-state index contributed by atoms with van der Waals surface area (Å²) < 4.78 is 8.94. The molecule has 0 fully saturated rings. The maximum Gasteiger partial charge on any atom is 0.338 e. The Morgan fingerprint density at radius 2 is 1.85 bits per heavy atom. The number of nitrogens with zero attached hydrogens (tertiary/aromatic N) is 3. The van der Waals surface area contributed by atoms with Crippen molar-refractivity contribution in [3.8, 4) is 11.8 Å². The van der Waals surface area contributed by atoms with Crippen molar-refractivity contribution in [2.24, 2.45) is 0 Å². The van der Waals surface area contributed by atoms with Gasteiger partial charge in [-0.3, -0.25) is 4.79 Å². The van der Waals surface area contributed by atoms with Gasteiger partial charge in [0.15, 0.2) is 0 Å². The smallest absolute Gasteiger partial charge is 0.338 e. The lowest BCUT2D eigenvalue weighted by Crippen LogP contribution is -2.24. The number of pyridine rings is 1. The molecule has 0 unspecified atom stereocenters. The van der Waals surface area contributed by atoms with Crippen molar-refractivity contribution in [3.63, 3.8) is 0 Å². The van der Waals surface area contributed by atoms with Crippen LogP contribution < -0.4 is 5.56 Å². The third kappa shape index (κ3) is 5.58. The van der Waals surface area contributed by atoms with Crippen LogP contribution in [0.3, 0.4) is 0 Å². The van der Waals surface area contributed by atoms with Crippen LogP contribution in [-0.4, -0.2) is 25.7 Å². The first kappa shape index (κ1) is 22.1. The summed E-state index contributed by atoms with van der Waals surface area (Å²) in [5, 5.41) is 1.49. The number of esters is 1. The molecular weight excluding hydrogens is 414 g/mol. The van der Waals surface area contributed by atoms with Crippen LogP contribution in [0.2, 0.25) is 0 Å². The predicted molar refractivity (Wildman–Crippen MR) is 128 cm³/mol. The molecule has 0 aliphatic rings. The minimum absolute atomic E-state index is 0.0815. The Balaban J connectivity index is 1.53. The number of aromatic nitrogens is 3. The van der Waals surface area contributed by atoms with E-state index in [1.54, 1.807) is 35.4 Å². The number of fused-ring (bicyclic) bond motifs is 1. The van der Waals surface area contributed by atoms with Crippen molar-refractivity contribution in [2.75, 3.05) is 0 Å². The number of benzene rings is 2. The summed E-state index contributed by atoms with van der Waals surface area (Å²) in [4.78, 5) is 29.3. The van der Waals surface area contributed by atoms with Crippen molar-refractivity contribution in [3.05, 3.63) is 100 Å². The largest absolute Gasteiger partial charge is 0.456 e. The van der Waals surface area contributed by atoms with Gasteiger partial charge in [-0.05, 0) is 62.1 Å². The van der Waals surface area contributed by atoms with E-state index in [4.69, 9.17) is 4.74 Å². The summed E-state index contributed by atoms with van der Waals surface area (Å²) in [6.45, 7) is 6.45. The molecule has 33 heavy (non-hydrogen) atoms. The highest BCUT2D eigenvalue weighted by atomic mass is 16.6. The fraction of sp³-hybridized carbons (Fsp3) is 0.222. The monoisotopic (exact) mass is 439 g/mol. The number of carbonyl (C=O) groups excluding carboxylic acids is 1. The Bertz CT molecular complexity index is 1400. The van der Waals surface area contributed by atoms with Gasteiger partial charge in [-0.2, -0.15) is 0 Å². The highest BCUT2D eigenvalue weighted by Crippen LogP contribution is 2.15. The van der Waals surface area contributed by atoms with Crippen molar-refractivity contribution < 1.29 is 9.53 Å². The summed E-state index contributed by atoms with van der Waals surface area (Å²) in [6, 6.07) is 14.7. The summed E-state index contributed by atoms with van der Waals surface area (Å²) in [7, 11) is 0. The van der Waals surface area contributed by atoms with Crippen LogP contribution in [0.5, 0.6) is 0 Å². The van der Waals surface area contributed by atoms with E-state index in [9.17, 15) is 9.59 Å². The summed E-state index contributed by atoms with van der Waals surface area (Å²) in [5.41, 5.74) is 1.57. The van der Waals surface area contributed by atoms with E-state index in [-0.39, 0.29) is 11.5 Å². The van der Waals surface area contributed by atoms with Crippen LogP contribution >= 0.6 is 0 Å². The number of hydrogen-bond donors (Lipinski definition) is 0. The highest BCUT2D eigenvalue weighted by molar-refractivity contribution is 5.89. The Kier molecular flexibility index (Phi) is 6.14. The molecule has 6 nitrogen and oxygen atoms in total. The fourth-order valence-electron chi connectivity index (χ4n) is 3.37. The molecule has 2 aromatic carbocycles. The molecular formula is C27H25N3O3. The molecule has 0 saturated heterocycles. The minimum atomic E-state index is -0.545. The lowest BCUT2D eigenvalue weighted by molar-refractivity contribution is 0.00695. The van der Waals surface area contributed by atoms with E-state index in [1.165, 1.54) is 0 Å². The van der Waals surface area contributed by atoms with E-state index in [2.05, 4.69) is 16.8 Å². The molecule has 0 N–H and O–H groups in total. The standard InChI is InChI=1S/C27H25N3O3/c1-27(2,3)33-26(32)23-10-7-21(8-11-23)18-30-15-12-22-9-6-20(17-24(22)25(30)31)5-4-14-29-16-13-28-19-29/h6-13,15-17,19H,14,18H2,1-3H3. The Morgan fingerprint density at radius 1 is 1.06 bits per heavy atom.